The average molecular weight is 409 g/mol. The van der Waals surface area contributed by atoms with Gasteiger partial charge in [-0.05, 0) is 11.1 Å². The van der Waals surface area contributed by atoms with Crippen molar-refractivity contribution in [2.45, 2.75) is 19.2 Å². The summed E-state index contributed by atoms with van der Waals surface area (Å²) in [6.45, 7) is -0.625. The first kappa shape index (κ1) is 23.1. The van der Waals surface area contributed by atoms with E-state index in [1.807, 2.05) is 30.3 Å². The SMILES string of the molecule is Cl.N=C(NC(=O)OCc1ccccc1)c1ccc(CNC(=O)C(N)CF)cc1. The predicted octanol–water partition coefficient (Wildman–Crippen LogP) is 2.27. The van der Waals surface area contributed by atoms with Crippen molar-refractivity contribution in [1.82, 2.24) is 10.6 Å². The highest BCUT2D eigenvalue weighted by Gasteiger charge is 2.12. The zero-order chi connectivity index (χ0) is 19.6. The van der Waals surface area contributed by atoms with Crippen LogP contribution in [0.15, 0.2) is 54.6 Å². The van der Waals surface area contributed by atoms with E-state index in [2.05, 4.69) is 10.6 Å². The van der Waals surface area contributed by atoms with Gasteiger partial charge >= 0.3 is 6.09 Å². The summed E-state index contributed by atoms with van der Waals surface area (Å²) < 4.78 is 17.4. The Kier molecular flexibility index (Phi) is 9.63. The smallest absolute Gasteiger partial charge is 0.413 e. The fourth-order valence-corrected chi connectivity index (χ4v) is 2.11. The number of carbonyl (C=O) groups excluding carboxylic acids is 2. The van der Waals surface area contributed by atoms with Gasteiger partial charge in [-0.25, -0.2) is 9.18 Å². The van der Waals surface area contributed by atoms with Crippen LogP contribution in [0.2, 0.25) is 0 Å². The number of nitrogens with two attached hydrogens (primary N) is 1. The Bertz CT molecular complexity index is 788. The lowest BCUT2D eigenvalue weighted by atomic mass is 10.1. The molecule has 1 atom stereocenters. The Labute approximate surface area is 168 Å². The van der Waals surface area contributed by atoms with Crippen LogP contribution in [0, 0.1) is 5.41 Å². The number of halogens is 2. The average Bonchev–Trinajstić information content (AvgIpc) is 2.71. The van der Waals surface area contributed by atoms with Gasteiger partial charge in [-0.2, -0.15) is 0 Å². The van der Waals surface area contributed by atoms with E-state index in [9.17, 15) is 14.0 Å². The first-order chi connectivity index (χ1) is 13.0. The molecule has 0 fully saturated rings. The Morgan fingerprint density at radius 3 is 2.32 bits per heavy atom. The fraction of sp³-hybridized carbons (Fsp3) is 0.211. The van der Waals surface area contributed by atoms with E-state index in [0.717, 1.165) is 11.1 Å². The van der Waals surface area contributed by atoms with Crippen LogP contribution in [0.4, 0.5) is 9.18 Å². The fourth-order valence-electron chi connectivity index (χ4n) is 2.11. The zero-order valence-corrected chi connectivity index (χ0v) is 15.8. The van der Waals surface area contributed by atoms with E-state index in [1.165, 1.54) is 0 Å². The highest BCUT2D eigenvalue weighted by Crippen LogP contribution is 2.05. The van der Waals surface area contributed by atoms with E-state index in [-0.39, 0.29) is 31.4 Å². The van der Waals surface area contributed by atoms with Gasteiger partial charge in [0.1, 0.15) is 25.2 Å². The summed E-state index contributed by atoms with van der Waals surface area (Å²) in [7, 11) is 0. The van der Waals surface area contributed by atoms with Gasteiger partial charge in [-0.3, -0.25) is 15.5 Å². The molecule has 0 aliphatic rings. The lowest BCUT2D eigenvalue weighted by molar-refractivity contribution is -0.122. The lowest BCUT2D eigenvalue weighted by Gasteiger charge is -2.10. The summed E-state index contributed by atoms with van der Waals surface area (Å²) in [6, 6.07) is 14.6. The van der Waals surface area contributed by atoms with Crippen molar-refractivity contribution >= 4 is 30.2 Å². The Balaban J connectivity index is 0.00000392. The maximum atomic E-state index is 12.3. The maximum Gasteiger partial charge on any atom is 0.413 e. The molecule has 0 aliphatic carbocycles. The second-order valence-electron chi connectivity index (χ2n) is 5.74. The number of carbonyl (C=O) groups is 2. The molecule has 9 heteroatoms. The number of hydrogen-bond acceptors (Lipinski definition) is 5. The Morgan fingerprint density at radius 1 is 1.07 bits per heavy atom. The summed E-state index contributed by atoms with van der Waals surface area (Å²) in [5, 5.41) is 12.8. The topological polar surface area (TPSA) is 117 Å². The number of nitrogens with one attached hydrogen (secondary N) is 3. The molecule has 1 unspecified atom stereocenters. The van der Waals surface area contributed by atoms with E-state index >= 15 is 0 Å². The number of amides is 2. The van der Waals surface area contributed by atoms with Crippen molar-refractivity contribution in [3.05, 3.63) is 71.3 Å². The van der Waals surface area contributed by atoms with Crippen molar-refractivity contribution in [2.75, 3.05) is 6.67 Å². The van der Waals surface area contributed by atoms with E-state index in [0.29, 0.717) is 5.56 Å². The molecule has 0 saturated carbocycles. The van der Waals surface area contributed by atoms with Crippen molar-refractivity contribution < 1.29 is 18.7 Å². The predicted molar refractivity (Wildman–Crippen MR) is 106 cm³/mol. The summed E-state index contributed by atoms with van der Waals surface area (Å²) in [5.41, 5.74) is 7.35. The van der Waals surface area contributed by atoms with Gasteiger partial charge in [0.25, 0.3) is 0 Å². The van der Waals surface area contributed by atoms with E-state index < -0.39 is 24.7 Å². The highest BCUT2D eigenvalue weighted by atomic mass is 35.5. The van der Waals surface area contributed by atoms with Gasteiger partial charge in [0.05, 0.1) is 0 Å². The molecule has 2 aromatic carbocycles. The molecule has 2 aromatic rings. The van der Waals surface area contributed by atoms with Crippen molar-refractivity contribution in [3.63, 3.8) is 0 Å². The third kappa shape index (κ3) is 7.34. The molecule has 2 amide bonds. The summed E-state index contributed by atoms with van der Waals surface area (Å²) in [5.74, 6) is -0.680. The minimum atomic E-state index is -1.18. The standard InChI is InChI=1S/C19H21FN4O3.ClH/c20-10-16(21)18(25)23-11-13-6-8-15(9-7-13)17(22)24-19(26)27-12-14-4-2-1-3-5-14;/h1-9,16H,10-12,21H2,(H,23,25)(H2,22,24,26);1H. The number of amidine groups is 1. The van der Waals surface area contributed by atoms with Gasteiger partial charge in [-0.15, -0.1) is 12.4 Å². The monoisotopic (exact) mass is 408 g/mol. The summed E-state index contributed by atoms with van der Waals surface area (Å²) >= 11 is 0. The van der Waals surface area contributed by atoms with Crippen LogP contribution in [0.25, 0.3) is 0 Å². The summed E-state index contributed by atoms with van der Waals surface area (Å²) in [4.78, 5) is 23.2. The second kappa shape index (κ2) is 11.7. The molecule has 0 saturated heterocycles. The van der Waals surface area contributed by atoms with Crippen LogP contribution in [0.5, 0.6) is 0 Å². The highest BCUT2D eigenvalue weighted by molar-refractivity contribution is 6.04. The number of alkyl carbamates (subject to hydrolysis) is 1. The minimum Gasteiger partial charge on any atom is -0.444 e. The molecular weight excluding hydrogens is 387 g/mol. The molecule has 0 bridgehead atoms. The zero-order valence-electron chi connectivity index (χ0n) is 15.0. The molecule has 7 nitrogen and oxygen atoms in total. The van der Waals surface area contributed by atoms with Gasteiger partial charge < -0.3 is 15.8 Å². The van der Waals surface area contributed by atoms with Crippen LogP contribution >= 0.6 is 12.4 Å². The molecule has 2 rings (SSSR count). The Morgan fingerprint density at radius 2 is 1.71 bits per heavy atom. The molecule has 0 aromatic heterocycles. The number of ether oxygens (including phenoxy) is 1. The van der Waals surface area contributed by atoms with Gasteiger partial charge in [0.15, 0.2) is 0 Å². The minimum absolute atomic E-state index is 0. The lowest BCUT2D eigenvalue weighted by Crippen LogP contribution is -2.41. The molecule has 0 radical (unpaired) electrons. The van der Waals surface area contributed by atoms with Gasteiger partial charge in [-0.1, -0.05) is 54.6 Å². The molecule has 0 spiro atoms. The van der Waals surface area contributed by atoms with Crippen LogP contribution in [0.3, 0.4) is 0 Å². The molecular formula is C19H22ClFN4O3. The van der Waals surface area contributed by atoms with Crippen molar-refractivity contribution in [3.8, 4) is 0 Å². The summed E-state index contributed by atoms with van der Waals surface area (Å²) in [6.07, 6.45) is -0.722. The number of alkyl halides is 1. The number of benzene rings is 2. The van der Waals surface area contributed by atoms with E-state index in [1.54, 1.807) is 24.3 Å². The van der Waals surface area contributed by atoms with Crippen LogP contribution < -0.4 is 16.4 Å². The quantitative estimate of drug-likeness (QED) is 0.415. The van der Waals surface area contributed by atoms with Crippen molar-refractivity contribution in [1.29, 1.82) is 5.41 Å². The first-order valence-electron chi connectivity index (χ1n) is 8.24. The third-order valence-corrected chi connectivity index (χ3v) is 3.65. The normalized spacial score (nSPS) is 10.9. The molecule has 5 N–H and O–H groups in total. The first-order valence-corrected chi connectivity index (χ1v) is 8.24. The Hall–Kier alpha value is -2.97. The molecule has 0 heterocycles. The van der Waals surface area contributed by atoms with Gasteiger partial charge in [0.2, 0.25) is 5.91 Å². The van der Waals surface area contributed by atoms with Gasteiger partial charge in [0, 0.05) is 12.1 Å². The largest absolute Gasteiger partial charge is 0.444 e. The second-order valence-corrected chi connectivity index (χ2v) is 5.74. The van der Waals surface area contributed by atoms with Crippen LogP contribution in [-0.4, -0.2) is 30.6 Å². The maximum absolute atomic E-state index is 12.3. The molecule has 150 valence electrons. The number of rotatable bonds is 7. The third-order valence-electron chi connectivity index (χ3n) is 3.65. The van der Waals surface area contributed by atoms with E-state index in [4.69, 9.17) is 15.9 Å². The number of hydrogen-bond donors (Lipinski definition) is 4. The molecule has 0 aliphatic heterocycles. The van der Waals surface area contributed by atoms with Crippen LogP contribution in [0.1, 0.15) is 16.7 Å². The van der Waals surface area contributed by atoms with Crippen molar-refractivity contribution in [2.24, 2.45) is 5.73 Å². The van der Waals surface area contributed by atoms with Crippen LogP contribution in [-0.2, 0) is 22.7 Å². The molecule has 28 heavy (non-hydrogen) atoms.